The second-order valence-corrected chi connectivity index (χ2v) is 6.86. The minimum absolute atomic E-state index is 0.139. The van der Waals surface area contributed by atoms with Crippen LogP contribution in [0.15, 0.2) is 41.6 Å². The number of hydrogen-bond acceptors (Lipinski definition) is 4. The van der Waals surface area contributed by atoms with Crippen LogP contribution in [0.1, 0.15) is 11.4 Å². The van der Waals surface area contributed by atoms with Crippen molar-refractivity contribution in [3.63, 3.8) is 0 Å². The summed E-state index contributed by atoms with van der Waals surface area (Å²) in [7, 11) is -1.76. The molecule has 21 heavy (non-hydrogen) atoms. The highest BCUT2D eigenvalue weighted by Crippen LogP contribution is 2.11. The van der Waals surface area contributed by atoms with Gasteiger partial charge in [-0.2, -0.15) is 0 Å². The maximum Gasteiger partial charge on any atom is 0.240 e. The highest BCUT2D eigenvalue weighted by atomic mass is 32.2. The summed E-state index contributed by atoms with van der Waals surface area (Å²) in [5, 5.41) is 0. The minimum atomic E-state index is -3.57. The largest absolute Gasteiger partial charge is 0.393 e. The third-order valence-electron chi connectivity index (χ3n) is 2.95. The van der Waals surface area contributed by atoms with E-state index in [2.05, 4.69) is 9.71 Å². The summed E-state index contributed by atoms with van der Waals surface area (Å²) < 4.78 is 28.6. The first-order valence-corrected chi connectivity index (χ1v) is 8.11. The number of hydrogen-bond donors (Lipinski definition) is 2. The van der Waals surface area contributed by atoms with E-state index in [1.807, 2.05) is 0 Å². The molecule has 0 saturated carbocycles. The molecule has 1 aromatic heterocycles. The van der Waals surface area contributed by atoms with Crippen molar-refractivity contribution in [2.75, 3.05) is 0 Å². The lowest BCUT2D eigenvalue weighted by Crippen LogP contribution is -2.24. The molecular formula is C13H16N4O2S2. The molecule has 6 nitrogen and oxygen atoms in total. The molecule has 2 rings (SSSR count). The standard InChI is InChI=1S/C13H16N4O2S2/c1-17-7-6-15-13(17)9-16-21(18,19)11-4-2-10(3-5-11)8-12(14)20/h2-7,16H,8-9H2,1H3,(H2,14,20). The van der Waals surface area contributed by atoms with Gasteiger partial charge in [0, 0.05) is 25.9 Å². The smallest absolute Gasteiger partial charge is 0.240 e. The molecule has 0 bridgehead atoms. The van der Waals surface area contributed by atoms with Gasteiger partial charge in [0.25, 0.3) is 0 Å². The second kappa shape index (κ2) is 6.33. The van der Waals surface area contributed by atoms with Gasteiger partial charge in [-0.1, -0.05) is 24.4 Å². The SMILES string of the molecule is Cn1ccnc1CNS(=O)(=O)c1ccc(CC(N)=S)cc1. The maximum atomic E-state index is 12.2. The molecule has 0 spiro atoms. The molecule has 1 heterocycles. The van der Waals surface area contributed by atoms with Crippen molar-refractivity contribution >= 4 is 27.2 Å². The number of aromatic nitrogens is 2. The van der Waals surface area contributed by atoms with Crippen LogP contribution in [0.5, 0.6) is 0 Å². The van der Waals surface area contributed by atoms with Crippen molar-refractivity contribution in [3.8, 4) is 0 Å². The third kappa shape index (κ3) is 4.10. The number of rotatable bonds is 6. The van der Waals surface area contributed by atoms with Gasteiger partial charge < -0.3 is 10.3 Å². The Morgan fingerprint density at radius 3 is 2.57 bits per heavy atom. The van der Waals surface area contributed by atoms with Crippen LogP contribution in [0.3, 0.4) is 0 Å². The first-order chi connectivity index (χ1) is 9.88. The van der Waals surface area contributed by atoms with Crippen molar-refractivity contribution in [2.24, 2.45) is 12.8 Å². The number of sulfonamides is 1. The van der Waals surface area contributed by atoms with Crippen molar-refractivity contribution in [2.45, 2.75) is 17.9 Å². The molecule has 0 aliphatic carbocycles. The van der Waals surface area contributed by atoms with E-state index in [4.69, 9.17) is 18.0 Å². The Labute approximate surface area is 129 Å². The molecular weight excluding hydrogens is 308 g/mol. The number of thiocarbonyl (C=S) groups is 1. The molecule has 0 unspecified atom stereocenters. The average molecular weight is 324 g/mol. The van der Waals surface area contributed by atoms with E-state index in [1.54, 1.807) is 36.1 Å². The number of nitrogens with two attached hydrogens (primary N) is 1. The van der Waals surface area contributed by atoms with Gasteiger partial charge in [0.2, 0.25) is 10.0 Å². The quantitative estimate of drug-likeness (QED) is 0.765. The van der Waals surface area contributed by atoms with E-state index in [9.17, 15) is 8.42 Å². The van der Waals surface area contributed by atoms with E-state index in [0.717, 1.165) is 5.56 Å². The molecule has 0 fully saturated rings. The zero-order chi connectivity index (χ0) is 15.5. The fraction of sp³-hybridized carbons (Fsp3) is 0.231. The number of benzene rings is 1. The highest BCUT2D eigenvalue weighted by Gasteiger charge is 2.14. The van der Waals surface area contributed by atoms with Crippen LogP contribution in [0.25, 0.3) is 0 Å². The Kier molecular flexibility index (Phi) is 4.71. The molecule has 0 atom stereocenters. The predicted molar refractivity (Wildman–Crippen MR) is 84.2 cm³/mol. The molecule has 0 aliphatic heterocycles. The van der Waals surface area contributed by atoms with Crippen molar-refractivity contribution in [1.82, 2.24) is 14.3 Å². The molecule has 3 N–H and O–H groups in total. The van der Waals surface area contributed by atoms with E-state index >= 15 is 0 Å². The van der Waals surface area contributed by atoms with Crippen LogP contribution in [-0.2, 0) is 30.0 Å². The highest BCUT2D eigenvalue weighted by molar-refractivity contribution is 7.89. The molecule has 1 aromatic carbocycles. The zero-order valence-corrected chi connectivity index (χ0v) is 13.1. The van der Waals surface area contributed by atoms with E-state index < -0.39 is 10.0 Å². The van der Waals surface area contributed by atoms with Gasteiger partial charge in [-0.15, -0.1) is 0 Å². The summed E-state index contributed by atoms with van der Waals surface area (Å²) in [6.45, 7) is 0.139. The predicted octanol–water partition coefficient (Wildman–Crippen LogP) is 0.727. The van der Waals surface area contributed by atoms with E-state index in [-0.39, 0.29) is 11.4 Å². The lowest BCUT2D eigenvalue weighted by Gasteiger charge is -2.07. The summed E-state index contributed by atoms with van der Waals surface area (Å²) in [5.74, 6) is 0.642. The van der Waals surface area contributed by atoms with Gasteiger partial charge in [0.1, 0.15) is 5.82 Å². The van der Waals surface area contributed by atoms with Crippen LogP contribution in [0.2, 0.25) is 0 Å². The lowest BCUT2D eigenvalue weighted by atomic mass is 10.1. The molecule has 0 amide bonds. The monoisotopic (exact) mass is 324 g/mol. The summed E-state index contributed by atoms with van der Waals surface area (Å²) in [6.07, 6.45) is 3.83. The molecule has 2 aromatic rings. The fourth-order valence-corrected chi connectivity index (χ4v) is 2.94. The third-order valence-corrected chi connectivity index (χ3v) is 4.51. The maximum absolute atomic E-state index is 12.2. The fourth-order valence-electron chi connectivity index (χ4n) is 1.80. The zero-order valence-electron chi connectivity index (χ0n) is 11.5. The van der Waals surface area contributed by atoms with E-state index in [1.165, 1.54) is 12.1 Å². The van der Waals surface area contributed by atoms with Crippen LogP contribution in [0, 0.1) is 0 Å². The Balaban J connectivity index is 2.08. The first kappa shape index (κ1) is 15.6. The van der Waals surface area contributed by atoms with Gasteiger partial charge in [-0.05, 0) is 17.7 Å². The Bertz CT molecular complexity index is 736. The van der Waals surface area contributed by atoms with Crippen molar-refractivity contribution in [1.29, 1.82) is 0 Å². The van der Waals surface area contributed by atoms with Crippen LogP contribution in [-0.4, -0.2) is 23.0 Å². The summed E-state index contributed by atoms with van der Waals surface area (Å²) in [4.78, 5) is 4.64. The number of aryl methyl sites for hydroxylation is 1. The summed E-state index contributed by atoms with van der Waals surface area (Å²) >= 11 is 4.82. The molecule has 0 aliphatic rings. The van der Waals surface area contributed by atoms with Gasteiger partial charge >= 0.3 is 0 Å². The van der Waals surface area contributed by atoms with Gasteiger partial charge in [0.15, 0.2) is 0 Å². The van der Waals surface area contributed by atoms with Crippen molar-refractivity contribution in [3.05, 3.63) is 48.0 Å². The van der Waals surface area contributed by atoms with E-state index in [0.29, 0.717) is 17.2 Å². The van der Waals surface area contributed by atoms with Crippen LogP contribution in [0.4, 0.5) is 0 Å². The Morgan fingerprint density at radius 1 is 1.38 bits per heavy atom. The van der Waals surface area contributed by atoms with Crippen molar-refractivity contribution < 1.29 is 8.42 Å². The van der Waals surface area contributed by atoms with Crippen LogP contribution >= 0.6 is 12.2 Å². The first-order valence-electron chi connectivity index (χ1n) is 6.21. The molecule has 8 heteroatoms. The minimum Gasteiger partial charge on any atom is -0.393 e. The molecule has 0 saturated heterocycles. The van der Waals surface area contributed by atoms with Crippen LogP contribution < -0.4 is 10.5 Å². The van der Waals surface area contributed by atoms with Gasteiger partial charge in [-0.25, -0.2) is 18.1 Å². The number of imidazole rings is 1. The second-order valence-electron chi connectivity index (χ2n) is 4.57. The normalized spacial score (nSPS) is 11.5. The summed E-state index contributed by atoms with van der Waals surface area (Å²) in [5.41, 5.74) is 6.34. The van der Waals surface area contributed by atoms with Gasteiger partial charge in [0.05, 0.1) is 16.4 Å². The topological polar surface area (TPSA) is 90.0 Å². The summed E-state index contributed by atoms with van der Waals surface area (Å²) in [6, 6.07) is 6.48. The Hall–Kier alpha value is -1.77. The molecule has 0 radical (unpaired) electrons. The van der Waals surface area contributed by atoms with Gasteiger partial charge in [-0.3, -0.25) is 0 Å². The number of nitrogens with zero attached hydrogens (tertiary/aromatic N) is 2. The molecule has 112 valence electrons. The average Bonchev–Trinajstić information content (AvgIpc) is 2.82. The lowest BCUT2D eigenvalue weighted by molar-refractivity contribution is 0.577. The number of nitrogens with one attached hydrogen (secondary N) is 1. The Morgan fingerprint density at radius 2 is 2.05 bits per heavy atom.